The third kappa shape index (κ3) is 6.83. The van der Waals surface area contributed by atoms with Gasteiger partial charge in [-0.2, -0.15) is 0 Å². The molecule has 0 aromatic carbocycles. The molecule has 4 heteroatoms. The molecule has 0 aliphatic heterocycles. The van der Waals surface area contributed by atoms with Crippen LogP contribution in [0, 0.1) is 0 Å². The third-order valence-corrected chi connectivity index (χ3v) is 0.986. The molecule has 0 heterocycles. The molecular weight excluding hydrogens is 148 g/mol. The molecule has 0 saturated heterocycles. The van der Waals surface area contributed by atoms with Gasteiger partial charge in [0.05, 0.1) is 0 Å². The van der Waals surface area contributed by atoms with Gasteiger partial charge < -0.3 is 9.47 Å². The molecule has 4 nitrogen and oxygen atoms in total. The smallest absolute Gasteiger partial charge is 0.305 e. The average Bonchev–Trinajstić information content (AvgIpc) is 1.99. The molecular formula is C7H12O4. The Morgan fingerprint density at radius 2 is 2.18 bits per heavy atom. The zero-order valence-corrected chi connectivity index (χ0v) is 6.54. The molecule has 0 atom stereocenters. The van der Waals surface area contributed by atoms with E-state index in [0.717, 1.165) is 6.42 Å². The molecule has 0 amide bonds. The summed E-state index contributed by atoms with van der Waals surface area (Å²) in [5.74, 6) is -0.248. The Hall–Kier alpha value is -1.06. The molecule has 11 heavy (non-hydrogen) atoms. The van der Waals surface area contributed by atoms with E-state index in [0.29, 0.717) is 12.9 Å². The van der Waals surface area contributed by atoms with Crippen molar-refractivity contribution in [2.45, 2.75) is 19.8 Å². The van der Waals surface area contributed by atoms with Crippen LogP contribution in [0.3, 0.4) is 0 Å². The van der Waals surface area contributed by atoms with Crippen LogP contribution in [0.15, 0.2) is 0 Å². The Kier molecular flexibility index (Phi) is 6.37. The summed E-state index contributed by atoms with van der Waals surface area (Å²) in [5.41, 5.74) is 0. The van der Waals surface area contributed by atoms with Gasteiger partial charge in [0, 0.05) is 6.42 Å². The molecule has 0 fully saturated rings. The summed E-state index contributed by atoms with van der Waals surface area (Å²) in [5, 5.41) is 0. The van der Waals surface area contributed by atoms with Crippen molar-refractivity contribution in [3.05, 3.63) is 0 Å². The van der Waals surface area contributed by atoms with E-state index >= 15 is 0 Å². The highest BCUT2D eigenvalue weighted by Gasteiger charge is 1.98. The predicted molar refractivity (Wildman–Crippen MR) is 37.9 cm³/mol. The van der Waals surface area contributed by atoms with Crippen molar-refractivity contribution in [2.75, 3.05) is 13.2 Å². The summed E-state index contributed by atoms with van der Waals surface area (Å²) in [6.45, 7) is 2.51. The lowest BCUT2D eigenvalue weighted by molar-refractivity contribution is -0.147. The van der Waals surface area contributed by atoms with Gasteiger partial charge in [-0.15, -0.1) is 0 Å². The second kappa shape index (κ2) is 7.05. The highest BCUT2D eigenvalue weighted by Crippen LogP contribution is 1.90. The van der Waals surface area contributed by atoms with Crippen molar-refractivity contribution in [1.82, 2.24) is 0 Å². The standard InChI is InChI=1S/C7H12O4/c1-2-3-7(9)11-5-4-10-6-8/h6H,2-5H2,1H3. The molecule has 0 aromatic rings. The maximum absolute atomic E-state index is 10.6. The second-order valence-electron chi connectivity index (χ2n) is 1.94. The van der Waals surface area contributed by atoms with Crippen LogP contribution in [-0.4, -0.2) is 25.7 Å². The van der Waals surface area contributed by atoms with Gasteiger partial charge >= 0.3 is 5.97 Å². The van der Waals surface area contributed by atoms with E-state index in [-0.39, 0.29) is 19.2 Å². The number of carbonyl (C=O) groups excluding carboxylic acids is 2. The molecule has 0 aromatic heterocycles. The van der Waals surface area contributed by atoms with Crippen LogP contribution in [0.25, 0.3) is 0 Å². The number of rotatable bonds is 6. The van der Waals surface area contributed by atoms with Crippen molar-refractivity contribution in [1.29, 1.82) is 0 Å². The Labute approximate surface area is 65.5 Å². The minimum absolute atomic E-state index is 0.138. The number of ether oxygens (including phenoxy) is 2. The number of carbonyl (C=O) groups is 2. The van der Waals surface area contributed by atoms with Gasteiger partial charge in [0.1, 0.15) is 13.2 Å². The van der Waals surface area contributed by atoms with Crippen LogP contribution in [0.1, 0.15) is 19.8 Å². The van der Waals surface area contributed by atoms with Gasteiger partial charge in [0.15, 0.2) is 0 Å². The lowest BCUT2D eigenvalue weighted by Crippen LogP contribution is -2.09. The zero-order valence-electron chi connectivity index (χ0n) is 6.54. The first kappa shape index (κ1) is 9.94. The summed E-state index contributed by atoms with van der Waals surface area (Å²) in [6.07, 6.45) is 1.19. The molecule has 0 rings (SSSR count). The fraction of sp³-hybridized carbons (Fsp3) is 0.714. The lowest BCUT2D eigenvalue weighted by Gasteiger charge is -2.01. The Bertz CT molecular complexity index is 122. The normalized spacial score (nSPS) is 8.82. The number of hydrogen-bond acceptors (Lipinski definition) is 4. The largest absolute Gasteiger partial charge is 0.464 e. The van der Waals surface area contributed by atoms with Crippen LogP contribution < -0.4 is 0 Å². The summed E-state index contributed by atoms with van der Waals surface area (Å²) < 4.78 is 8.97. The van der Waals surface area contributed by atoms with Gasteiger partial charge in [-0.05, 0) is 6.42 Å². The zero-order chi connectivity index (χ0) is 8.53. The molecule has 0 aliphatic carbocycles. The first-order valence-electron chi connectivity index (χ1n) is 3.52. The molecule has 64 valence electrons. The summed E-state index contributed by atoms with van der Waals surface area (Å²) >= 11 is 0. The molecule has 0 N–H and O–H groups in total. The van der Waals surface area contributed by atoms with Gasteiger partial charge in [-0.1, -0.05) is 6.92 Å². The van der Waals surface area contributed by atoms with Crippen LogP contribution in [-0.2, 0) is 19.1 Å². The monoisotopic (exact) mass is 160 g/mol. The van der Waals surface area contributed by atoms with E-state index in [9.17, 15) is 9.59 Å². The van der Waals surface area contributed by atoms with Crippen LogP contribution in [0.5, 0.6) is 0 Å². The van der Waals surface area contributed by atoms with Crippen molar-refractivity contribution >= 4 is 12.4 Å². The van der Waals surface area contributed by atoms with Crippen molar-refractivity contribution in [3.63, 3.8) is 0 Å². The quantitative estimate of drug-likeness (QED) is 0.322. The van der Waals surface area contributed by atoms with Crippen LogP contribution in [0.4, 0.5) is 0 Å². The van der Waals surface area contributed by atoms with E-state index in [1.807, 2.05) is 6.92 Å². The second-order valence-corrected chi connectivity index (χ2v) is 1.94. The Morgan fingerprint density at radius 3 is 2.73 bits per heavy atom. The number of hydrogen-bond donors (Lipinski definition) is 0. The van der Waals surface area contributed by atoms with Crippen LogP contribution >= 0.6 is 0 Å². The van der Waals surface area contributed by atoms with E-state index < -0.39 is 0 Å². The number of esters is 1. The maximum atomic E-state index is 10.6. The maximum Gasteiger partial charge on any atom is 0.305 e. The molecule has 0 spiro atoms. The molecule has 0 unspecified atom stereocenters. The average molecular weight is 160 g/mol. The van der Waals surface area contributed by atoms with Gasteiger partial charge in [0.2, 0.25) is 0 Å². The van der Waals surface area contributed by atoms with Gasteiger partial charge in [-0.3, -0.25) is 9.59 Å². The van der Waals surface area contributed by atoms with Crippen molar-refractivity contribution in [3.8, 4) is 0 Å². The summed E-state index contributed by atoms with van der Waals surface area (Å²) in [4.78, 5) is 20.3. The summed E-state index contributed by atoms with van der Waals surface area (Å²) in [7, 11) is 0. The highest BCUT2D eigenvalue weighted by atomic mass is 16.6. The van der Waals surface area contributed by atoms with E-state index in [2.05, 4.69) is 9.47 Å². The van der Waals surface area contributed by atoms with Crippen LogP contribution in [0.2, 0.25) is 0 Å². The lowest BCUT2D eigenvalue weighted by atomic mass is 10.3. The molecule has 0 aliphatic rings. The molecule has 0 saturated carbocycles. The van der Waals surface area contributed by atoms with Gasteiger partial charge in [0.25, 0.3) is 6.47 Å². The topological polar surface area (TPSA) is 52.6 Å². The Balaban J connectivity index is 3.10. The minimum Gasteiger partial charge on any atom is -0.464 e. The van der Waals surface area contributed by atoms with Crippen molar-refractivity contribution < 1.29 is 19.1 Å². The minimum atomic E-state index is -0.248. The highest BCUT2D eigenvalue weighted by molar-refractivity contribution is 5.69. The van der Waals surface area contributed by atoms with E-state index in [4.69, 9.17) is 0 Å². The van der Waals surface area contributed by atoms with Crippen molar-refractivity contribution in [2.24, 2.45) is 0 Å². The Morgan fingerprint density at radius 1 is 1.45 bits per heavy atom. The first-order valence-corrected chi connectivity index (χ1v) is 3.52. The van der Waals surface area contributed by atoms with E-state index in [1.54, 1.807) is 0 Å². The van der Waals surface area contributed by atoms with Gasteiger partial charge in [-0.25, -0.2) is 0 Å². The molecule has 0 bridgehead atoms. The fourth-order valence-electron chi connectivity index (χ4n) is 0.528. The molecule has 0 radical (unpaired) electrons. The predicted octanol–water partition coefficient (Wildman–Crippen LogP) is 0.503. The summed E-state index contributed by atoms with van der Waals surface area (Å²) in [6, 6.07) is 0. The fourth-order valence-corrected chi connectivity index (χ4v) is 0.528. The SMILES string of the molecule is CCCC(=O)OCCOC=O. The van der Waals surface area contributed by atoms with E-state index in [1.165, 1.54) is 0 Å². The third-order valence-electron chi connectivity index (χ3n) is 0.986. The first-order chi connectivity index (χ1) is 5.31.